The number of hydrogen-bond acceptors (Lipinski definition) is 0. The molecule has 0 spiro atoms. The second-order valence-corrected chi connectivity index (χ2v) is 4.40. The summed E-state index contributed by atoms with van der Waals surface area (Å²) in [7, 11) is 0. The van der Waals surface area contributed by atoms with E-state index in [1.165, 1.54) is 24.8 Å². The van der Waals surface area contributed by atoms with E-state index in [9.17, 15) is 0 Å². The second kappa shape index (κ2) is 7.29. The van der Waals surface area contributed by atoms with Crippen molar-refractivity contribution in [3.05, 3.63) is 53.1 Å². The molecule has 0 aliphatic heterocycles. The van der Waals surface area contributed by atoms with Crippen LogP contribution in [-0.4, -0.2) is 0 Å². The summed E-state index contributed by atoms with van der Waals surface area (Å²) in [5, 5.41) is 0.667. The molecular weight excluding hydrogens is 216 g/mol. The number of benzene rings is 1. The molecule has 1 aromatic rings. The minimum Gasteiger partial charge on any atom is -0.0847 e. The Morgan fingerprint density at radius 1 is 1.25 bits per heavy atom. The first-order valence-electron chi connectivity index (χ1n) is 5.84. The molecule has 0 fully saturated rings. The van der Waals surface area contributed by atoms with Crippen LogP contribution in [0, 0.1) is 0 Å². The molecule has 0 heterocycles. The fourth-order valence-corrected chi connectivity index (χ4v) is 1.75. The van der Waals surface area contributed by atoms with Crippen molar-refractivity contribution < 1.29 is 0 Å². The summed E-state index contributed by atoms with van der Waals surface area (Å²) in [6, 6.07) is 10.3. The Morgan fingerprint density at radius 3 is 2.50 bits per heavy atom. The van der Waals surface area contributed by atoms with Crippen LogP contribution in [0.3, 0.4) is 0 Å². The molecule has 0 saturated carbocycles. The summed E-state index contributed by atoms with van der Waals surface area (Å²) in [6.45, 7) is 6.03. The zero-order valence-electron chi connectivity index (χ0n) is 9.88. The van der Waals surface area contributed by atoms with E-state index in [1.807, 2.05) is 18.2 Å². The van der Waals surface area contributed by atoms with Crippen molar-refractivity contribution >= 4 is 17.7 Å². The minimum atomic E-state index is 0.667. The van der Waals surface area contributed by atoms with Crippen LogP contribution < -0.4 is 0 Å². The van der Waals surface area contributed by atoms with Crippen molar-refractivity contribution in [2.24, 2.45) is 0 Å². The third-order valence-corrected chi connectivity index (χ3v) is 2.78. The van der Waals surface area contributed by atoms with Crippen molar-refractivity contribution in [1.29, 1.82) is 0 Å². The summed E-state index contributed by atoms with van der Waals surface area (Å²) < 4.78 is 0. The molecule has 1 aromatic carbocycles. The van der Waals surface area contributed by atoms with E-state index in [0.29, 0.717) is 5.03 Å². The van der Waals surface area contributed by atoms with E-state index < -0.39 is 0 Å². The summed E-state index contributed by atoms with van der Waals surface area (Å²) >= 11 is 6.01. The molecule has 1 heteroatoms. The van der Waals surface area contributed by atoms with Crippen LogP contribution in [0.1, 0.15) is 38.2 Å². The summed E-state index contributed by atoms with van der Waals surface area (Å²) in [6.07, 6.45) is 6.81. The molecule has 0 unspecified atom stereocenters. The molecule has 0 radical (unpaired) electrons. The first kappa shape index (κ1) is 13.1. The average molecular weight is 235 g/mol. The minimum absolute atomic E-state index is 0.667. The van der Waals surface area contributed by atoms with Crippen LogP contribution >= 0.6 is 11.6 Å². The first-order valence-corrected chi connectivity index (χ1v) is 6.22. The van der Waals surface area contributed by atoms with Crippen LogP contribution in [0.15, 0.2) is 47.5 Å². The maximum Gasteiger partial charge on any atom is 0.0366 e. The van der Waals surface area contributed by atoms with E-state index in [-0.39, 0.29) is 0 Å². The Morgan fingerprint density at radius 2 is 1.94 bits per heavy atom. The van der Waals surface area contributed by atoms with Crippen LogP contribution in [0.2, 0.25) is 0 Å². The van der Waals surface area contributed by atoms with Gasteiger partial charge in [0.1, 0.15) is 0 Å². The SMILES string of the molecule is C=C(Cl)/C(=C\c1ccccc1)CCCCC. The zero-order valence-corrected chi connectivity index (χ0v) is 10.6. The van der Waals surface area contributed by atoms with E-state index in [4.69, 9.17) is 11.6 Å². The van der Waals surface area contributed by atoms with Crippen LogP contribution in [-0.2, 0) is 0 Å². The predicted octanol–water partition coefficient (Wildman–Crippen LogP) is 5.40. The molecule has 16 heavy (non-hydrogen) atoms. The van der Waals surface area contributed by atoms with E-state index in [1.54, 1.807) is 0 Å². The summed E-state index contributed by atoms with van der Waals surface area (Å²) in [5.74, 6) is 0. The Hall–Kier alpha value is -1.01. The third kappa shape index (κ3) is 4.67. The molecule has 0 N–H and O–H groups in total. The van der Waals surface area contributed by atoms with Crippen molar-refractivity contribution in [2.75, 3.05) is 0 Å². The highest BCUT2D eigenvalue weighted by Gasteiger charge is 2.00. The lowest BCUT2D eigenvalue weighted by Crippen LogP contribution is -1.85. The topological polar surface area (TPSA) is 0 Å². The average Bonchev–Trinajstić information content (AvgIpc) is 2.29. The number of unbranched alkanes of at least 4 members (excludes halogenated alkanes) is 2. The lowest BCUT2D eigenvalue weighted by molar-refractivity contribution is 0.720. The second-order valence-electron chi connectivity index (χ2n) is 3.94. The van der Waals surface area contributed by atoms with Gasteiger partial charge < -0.3 is 0 Å². The quantitative estimate of drug-likeness (QED) is 0.457. The van der Waals surface area contributed by atoms with Crippen molar-refractivity contribution in [1.82, 2.24) is 0 Å². The molecule has 0 amide bonds. The third-order valence-electron chi connectivity index (χ3n) is 2.54. The Balaban J connectivity index is 2.70. The van der Waals surface area contributed by atoms with Gasteiger partial charge in [-0.2, -0.15) is 0 Å². The maximum atomic E-state index is 6.01. The van der Waals surface area contributed by atoms with Crippen LogP contribution in [0.4, 0.5) is 0 Å². The van der Waals surface area contributed by atoms with Gasteiger partial charge in [0.2, 0.25) is 0 Å². The van der Waals surface area contributed by atoms with Crippen LogP contribution in [0.5, 0.6) is 0 Å². The molecule has 0 atom stereocenters. The molecular formula is C15H19Cl. The van der Waals surface area contributed by atoms with Crippen molar-refractivity contribution in [2.45, 2.75) is 32.6 Å². The first-order chi connectivity index (χ1) is 7.74. The number of allylic oxidation sites excluding steroid dienone is 2. The maximum absolute atomic E-state index is 6.01. The normalized spacial score (nSPS) is 11.5. The fraction of sp³-hybridized carbons (Fsp3) is 0.333. The Bertz CT molecular complexity index is 349. The van der Waals surface area contributed by atoms with Gasteiger partial charge >= 0.3 is 0 Å². The Kier molecular flexibility index (Phi) is 5.95. The van der Waals surface area contributed by atoms with Gasteiger partial charge in [0, 0.05) is 5.03 Å². The molecule has 0 aromatic heterocycles. The lowest BCUT2D eigenvalue weighted by atomic mass is 10.0. The van der Waals surface area contributed by atoms with E-state index in [0.717, 1.165) is 12.0 Å². The van der Waals surface area contributed by atoms with Crippen molar-refractivity contribution in [3.8, 4) is 0 Å². The van der Waals surface area contributed by atoms with Gasteiger partial charge in [-0.15, -0.1) is 0 Å². The predicted molar refractivity (Wildman–Crippen MR) is 73.6 cm³/mol. The zero-order chi connectivity index (χ0) is 11.8. The largest absolute Gasteiger partial charge is 0.0847 e. The summed E-state index contributed by atoms with van der Waals surface area (Å²) in [5.41, 5.74) is 2.34. The standard InChI is InChI=1S/C15H19Cl/c1-3-4-6-11-15(13(2)16)12-14-9-7-5-8-10-14/h5,7-10,12H,2-4,6,11H2,1H3/b15-12-. The summed E-state index contributed by atoms with van der Waals surface area (Å²) in [4.78, 5) is 0. The highest BCUT2D eigenvalue weighted by molar-refractivity contribution is 6.32. The van der Waals surface area contributed by atoms with Gasteiger partial charge in [-0.1, -0.05) is 74.4 Å². The molecule has 0 bridgehead atoms. The number of rotatable bonds is 6. The number of halogens is 1. The Labute approximate surface area is 104 Å². The molecule has 0 aliphatic rings. The highest BCUT2D eigenvalue weighted by Crippen LogP contribution is 2.22. The molecule has 0 nitrogen and oxygen atoms in total. The fourth-order valence-electron chi connectivity index (χ4n) is 1.60. The van der Waals surface area contributed by atoms with Crippen LogP contribution in [0.25, 0.3) is 6.08 Å². The molecule has 0 saturated heterocycles. The molecule has 1 rings (SSSR count). The van der Waals surface area contributed by atoms with Gasteiger partial charge in [-0.3, -0.25) is 0 Å². The highest BCUT2D eigenvalue weighted by atomic mass is 35.5. The van der Waals surface area contributed by atoms with Gasteiger partial charge in [0.15, 0.2) is 0 Å². The van der Waals surface area contributed by atoms with E-state index >= 15 is 0 Å². The van der Waals surface area contributed by atoms with E-state index in [2.05, 4.69) is 31.7 Å². The monoisotopic (exact) mass is 234 g/mol. The lowest BCUT2D eigenvalue weighted by Gasteiger charge is -2.05. The molecule has 86 valence electrons. The molecule has 0 aliphatic carbocycles. The number of hydrogen-bond donors (Lipinski definition) is 0. The van der Waals surface area contributed by atoms with Gasteiger partial charge in [0.25, 0.3) is 0 Å². The van der Waals surface area contributed by atoms with Gasteiger partial charge in [-0.25, -0.2) is 0 Å². The smallest absolute Gasteiger partial charge is 0.0366 e. The van der Waals surface area contributed by atoms with Gasteiger partial charge in [-0.05, 0) is 24.0 Å². The van der Waals surface area contributed by atoms with Crippen molar-refractivity contribution in [3.63, 3.8) is 0 Å². The van der Waals surface area contributed by atoms with Gasteiger partial charge in [0.05, 0.1) is 0 Å².